The molecule has 17 heavy (non-hydrogen) atoms. The number of anilines is 1. The number of amides is 1. The summed E-state index contributed by atoms with van der Waals surface area (Å²) in [7, 11) is 0. The highest BCUT2D eigenvalue weighted by atomic mass is 32.1. The van der Waals surface area contributed by atoms with Crippen LogP contribution in [0.25, 0.3) is 0 Å². The van der Waals surface area contributed by atoms with E-state index in [4.69, 9.17) is 10.8 Å². The number of aromatic nitrogens is 1. The second kappa shape index (κ2) is 5.24. The van der Waals surface area contributed by atoms with Crippen LogP contribution in [-0.4, -0.2) is 27.4 Å². The van der Waals surface area contributed by atoms with Gasteiger partial charge in [-0.15, -0.1) is 0 Å². The number of rotatable bonds is 4. The van der Waals surface area contributed by atoms with Gasteiger partial charge in [0.05, 0.1) is 11.7 Å². The molecule has 1 rings (SSSR count). The number of hydrogen-bond donors (Lipinski definition) is 3. The summed E-state index contributed by atoms with van der Waals surface area (Å²) in [5, 5.41) is 11.7. The van der Waals surface area contributed by atoms with E-state index in [1.54, 1.807) is 6.92 Å². The normalized spacial score (nSPS) is 12.5. The van der Waals surface area contributed by atoms with Crippen molar-refractivity contribution < 1.29 is 14.7 Å². The maximum Gasteiger partial charge on any atom is 0.340 e. The predicted molar refractivity (Wildman–Crippen MR) is 65.3 cm³/mol. The number of carboxylic acid groups (broad SMARTS) is 1. The molecule has 0 bridgehead atoms. The first-order valence-corrected chi connectivity index (χ1v) is 5.88. The van der Waals surface area contributed by atoms with E-state index in [0.717, 1.165) is 11.5 Å². The van der Waals surface area contributed by atoms with E-state index in [-0.39, 0.29) is 16.5 Å². The third-order valence-corrected chi connectivity index (χ3v) is 3.19. The predicted octanol–water partition coefficient (Wildman–Crippen LogP) is 1.07. The zero-order valence-corrected chi connectivity index (χ0v) is 10.7. The Balaban J connectivity index is 2.89. The van der Waals surface area contributed by atoms with Crippen LogP contribution in [0.3, 0.4) is 0 Å². The lowest BCUT2D eigenvalue weighted by atomic mass is 10.1. The maximum atomic E-state index is 11.7. The first kappa shape index (κ1) is 13.6. The highest BCUT2D eigenvalue weighted by Crippen LogP contribution is 2.24. The van der Waals surface area contributed by atoms with Crippen LogP contribution in [0.5, 0.6) is 0 Å². The van der Waals surface area contributed by atoms with Crippen LogP contribution in [0.4, 0.5) is 5.00 Å². The number of nitrogens with one attached hydrogen (secondary N) is 1. The number of aryl methyl sites for hydroxylation is 1. The topological polar surface area (TPSA) is 105 Å². The van der Waals surface area contributed by atoms with Gasteiger partial charge in [-0.1, -0.05) is 13.8 Å². The number of aromatic carboxylic acids is 1. The van der Waals surface area contributed by atoms with Crippen molar-refractivity contribution in [2.75, 3.05) is 5.32 Å². The highest BCUT2D eigenvalue weighted by molar-refractivity contribution is 7.11. The van der Waals surface area contributed by atoms with Crippen LogP contribution < -0.4 is 11.1 Å². The quantitative estimate of drug-likeness (QED) is 0.748. The molecular formula is C10H15N3O3S. The second-order valence-corrected chi connectivity index (χ2v) is 4.81. The SMILES string of the molecule is Cc1nsc(NC(=O)[C@@H](N)C(C)C)c1C(=O)O. The van der Waals surface area contributed by atoms with Crippen LogP contribution in [0.15, 0.2) is 0 Å². The van der Waals surface area contributed by atoms with Crippen molar-refractivity contribution in [3.63, 3.8) is 0 Å². The smallest absolute Gasteiger partial charge is 0.340 e. The molecule has 94 valence electrons. The largest absolute Gasteiger partial charge is 0.478 e. The molecule has 0 saturated heterocycles. The fourth-order valence-corrected chi connectivity index (χ4v) is 2.00. The Morgan fingerprint density at radius 3 is 2.53 bits per heavy atom. The molecule has 1 atom stereocenters. The van der Waals surface area contributed by atoms with Crippen molar-refractivity contribution in [1.82, 2.24) is 4.37 Å². The molecule has 4 N–H and O–H groups in total. The van der Waals surface area contributed by atoms with Gasteiger partial charge in [-0.25, -0.2) is 4.79 Å². The van der Waals surface area contributed by atoms with Gasteiger partial charge in [0.15, 0.2) is 0 Å². The summed E-state index contributed by atoms with van der Waals surface area (Å²) < 4.78 is 3.90. The molecule has 1 aromatic heterocycles. The molecule has 0 fully saturated rings. The first-order chi connectivity index (χ1) is 7.84. The van der Waals surface area contributed by atoms with Crippen molar-refractivity contribution in [2.24, 2.45) is 11.7 Å². The average molecular weight is 257 g/mol. The number of carbonyl (C=O) groups excluding carboxylic acids is 1. The average Bonchev–Trinajstić information content (AvgIpc) is 2.58. The molecule has 0 aliphatic heterocycles. The van der Waals surface area contributed by atoms with Crippen LogP contribution in [0.1, 0.15) is 29.9 Å². The molecule has 1 heterocycles. The maximum absolute atomic E-state index is 11.7. The fraction of sp³-hybridized carbons (Fsp3) is 0.500. The Labute approximate surface area is 103 Å². The van der Waals surface area contributed by atoms with Gasteiger partial charge < -0.3 is 16.2 Å². The van der Waals surface area contributed by atoms with Crippen molar-refractivity contribution in [3.8, 4) is 0 Å². The second-order valence-electron chi connectivity index (χ2n) is 4.04. The molecule has 0 aliphatic carbocycles. The third kappa shape index (κ3) is 3.01. The third-order valence-electron chi connectivity index (χ3n) is 2.33. The van der Waals surface area contributed by atoms with Crippen LogP contribution in [0.2, 0.25) is 0 Å². The molecular weight excluding hydrogens is 242 g/mol. The van der Waals surface area contributed by atoms with Crippen molar-refractivity contribution in [2.45, 2.75) is 26.8 Å². The lowest BCUT2D eigenvalue weighted by Crippen LogP contribution is -2.39. The minimum absolute atomic E-state index is 0.0164. The fourth-order valence-electron chi connectivity index (χ4n) is 1.20. The standard InChI is InChI=1S/C10H15N3O3S/c1-4(2)7(11)8(14)12-9-6(10(15)16)5(3)13-17-9/h4,7H,11H2,1-3H3,(H,12,14)(H,15,16)/t7-/m0/s1. The van der Waals surface area contributed by atoms with Gasteiger partial charge in [-0.05, 0) is 24.4 Å². The summed E-state index contributed by atoms with van der Waals surface area (Å²) in [5.41, 5.74) is 6.08. The van der Waals surface area contributed by atoms with E-state index < -0.39 is 17.9 Å². The summed E-state index contributed by atoms with van der Waals surface area (Å²) in [4.78, 5) is 22.7. The molecule has 1 aromatic rings. The number of nitrogens with two attached hydrogens (primary N) is 1. The van der Waals surface area contributed by atoms with Gasteiger partial charge in [-0.3, -0.25) is 4.79 Å². The molecule has 0 unspecified atom stereocenters. The van der Waals surface area contributed by atoms with Crippen LogP contribution >= 0.6 is 11.5 Å². The summed E-state index contributed by atoms with van der Waals surface area (Å²) >= 11 is 0.944. The van der Waals surface area contributed by atoms with Gasteiger partial charge in [0, 0.05) is 0 Å². The summed E-state index contributed by atoms with van der Waals surface area (Å²) in [6, 6.07) is -0.668. The molecule has 0 radical (unpaired) electrons. The van der Waals surface area contributed by atoms with Gasteiger partial charge >= 0.3 is 5.97 Å². The molecule has 0 aliphatic rings. The van der Waals surface area contributed by atoms with Crippen molar-refractivity contribution in [3.05, 3.63) is 11.3 Å². The monoisotopic (exact) mass is 257 g/mol. The number of hydrogen-bond acceptors (Lipinski definition) is 5. The Morgan fingerprint density at radius 2 is 2.06 bits per heavy atom. The van der Waals surface area contributed by atoms with Gasteiger partial charge in [-0.2, -0.15) is 4.37 Å². The lowest BCUT2D eigenvalue weighted by molar-refractivity contribution is -0.118. The van der Waals surface area contributed by atoms with Gasteiger partial charge in [0.1, 0.15) is 10.6 Å². The minimum Gasteiger partial charge on any atom is -0.478 e. The Hall–Kier alpha value is -1.47. The molecule has 7 heteroatoms. The minimum atomic E-state index is -1.11. The van der Waals surface area contributed by atoms with Crippen LogP contribution in [-0.2, 0) is 4.79 Å². The van der Waals surface area contributed by atoms with E-state index >= 15 is 0 Å². The summed E-state index contributed by atoms with van der Waals surface area (Å²) in [5.74, 6) is -1.52. The first-order valence-electron chi connectivity index (χ1n) is 5.10. The van der Waals surface area contributed by atoms with Crippen molar-refractivity contribution >= 4 is 28.4 Å². The highest BCUT2D eigenvalue weighted by Gasteiger charge is 2.23. The van der Waals surface area contributed by atoms with Gasteiger partial charge in [0.25, 0.3) is 0 Å². The molecule has 0 aromatic carbocycles. The number of nitrogens with zero attached hydrogens (tertiary/aromatic N) is 1. The van der Waals surface area contributed by atoms with Crippen molar-refractivity contribution in [1.29, 1.82) is 0 Å². The van der Waals surface area contributed by atoms with E-state index in [9.17, 15) is 9.59 Å². The number of carboxylic acids is 1. The Bertz CT molecular complexity index is 442. The van der Waals surface area contributed by atoms with Gasteiger partial charge in [0.2, 0.25) is 5.91 Å². The van der Waals surface area contributed by atoms with E-state index in [1.807, 2.05) is 13.8 Å². The molecule has 6 nitrogen and oxygen atoms in total. The van der Waals surface area contributed by atoms with Crippen LogP contribution in [0, 0.1) is 12.8 Å². The van der Waals surface area contributed by atoms with E-state index in [0.29, 0.717) is 5.69 Å². The zero-order chi connectivity index (χ0) is 13.2. The summed E-state index contributed by atoms with van der Waals surface area (Å²) in [6.07, 6.45) is 0. The molecule has 0 spiro atoms. The Kier molecular flexibility index (Phi) is 4.19. The summed E-state index contributed by atoms with van der Waals surface area (Å²) in [6.45, 7) is 5.22. The Morgan fingerprint density at radius 1 is 1.47 bits per heavy atom. The zero-order valence-electron chi connectivity index (χ0n) is 9.85. The number of carbonyl (C=O) groups is 2. The van der Waals surface area contributed by atoms with E-state index in [2.05, 4.69) is 9.69 Å². The lowest BCUT2D eigenvalue weighted by Gasteiger charge is -2.14. The molecule has 1 amide bonds. The van der Waals surface area contributed by atoms with E-state index in [1.165, 1.54) is 0 Å². The molecule has 0 saturated carbocycles.